The molecule has 4 heterocycles. The van der Waals surface area contributed by atoms with Crippen molar-refractivity contribution in [3.8, 4) is 0 Å². The molecule has 0 atom stereocenters. The molecule has 2 saturated heterocycles. The van der Waals surface area contributed by atoms with Crippen molar-refractivity contribution in [2.24, 2.45) is 0 Å². The predicted octanol–water partition coefficient (Wildman–Crippen LogP) is 1.81. The number of piperidine rings is 1. The second-order valence-electron chi connectivity index (χ2n) is 7.01. The minimum absolute atomic E-state index is 0.375. The molecule has 3 aliphatic rings. The van der Waals surface area contributed by atoms with Crippen molar-refractivity contribution in [2.45, 2.75) is 64.1 Å². The van der Waals surface area contributed by atoms with Gasteiger partial charge in [-0.3, -0.25) is 14.4 Å². The summed E-state index contributed by atoms with van der Waals surface area (Å²) in [7, 11) is 0. The van der Waals surface area contributed by atoms with Crippen molar-refractivity contribution in [3.05, 3.63) is 17.5 Å². The topological polar surface area (TPSA) is 41.4 Å². The molecule has 0 N–H and O–H groups in total. The van der Waals surface area contributed by atoms with Gasteiger partial charge in [-0.2, -0.15) is 5.10 Å². The summed E-state index contributed by atoms with van der Waals surface area (Å²) in [4.78, 5) is 16.5. The summed E-state index contributed by atoms with van der Waals surface area (Å²) in [6.07, 6.45) is 7.83. The van der Waals surface area contributed by atoms with Crippen LogP contribution >= 0.6 is 0 Å². The van der Waals surface area contributed by atoms with E-state index >= 15 is 0 Å². The third-order valence-corrected chi connectivity index (χ3v) is 5.46. The minimum atomic E-state index is 0.375. The van der Waals surface area contributed by atoms with E-state index in [1.807, 2.05) is 0 Å². The number of fused-ring (bicyclic) bond motifs is 1. The van der Waals surface area contributed by atoms with Gasteiger partial charge in [0.05, 0.1) is 5.69 Å². The van der Waals surface area contributed by atoms with Gasteiger partial charge >= 0.3 is 0 Å². The van der Waals surface area contributed by atoms with Gasteiger partial charge in [-0.05, 0) is 44.6 Å². The number of amides is 1. The summed E-state index contributed by atoms with van der Waals surface area (Å²) in [5.41, 5.74) is 2.64. The van der Waals surface area contributed by atoms with Crippen LogP contribution in [0.5, 0.6) is 0 Å². The fourth-order valence-electron chi connectivity index (χ4n) is 4.23. The third-order valence-electron chi connectivity index (χ3n) is 5.46. The first-order chi connectivity index (χ1) is 10.8. The summed E-state index contributed by atoms with van der Waals surface area (Å²) in [6.45, 7) is 5.24. The minimum Gasteiger partial charge on any atom is -0.340 e. The summed E-state index contributed by atoms with van der Waals surface area (Å²) in [5, 5.41) is 4.76. The lowest BCUT2D eigenvalue weighted by Gasteiger charge is -2.36. The molecular formula is C17H26N4O. The number of hydrogen-bond donors (Lipinski definition) is 0. The Kier molecular flexibility index (Phi) is 3.90. The van der Waals surface area contributed by atoms with E-state index < -0.39 is 0 Å². The fraction of sp³-hybridized carbons (Fsp3) is 0.765. The average molecular weight is 302 g/mol. The van der Waals surface area contributed by atoms with Gasteiger partial charge in [-0.1, -0.05) is 0 Å². The van der Waals surface area contributed by atoms with Crippen LogP contribution in [-0.4, -0.2) is 51.2 Å². The van der Waals surface area contributed by atoms with Crippen LogP contribution in [0.15, 0.2) is 6.07 Å². The zero-order valence-corrected chi connectivity index (χ0v) is 13.3. The van der Waals surface area contributed by atoms with Crippen molar-refractivity contribution in [1.82, 2.24) is 19.6 Å². The number of nitrogens with zero attached hydrogens (tertiary/aromatic N) is 4. The summed E-state index contributed by atoms with van der Waals surface area (Å²) in [5.74, 6) is 0.375. The van der Waals surface area contributed by atoms with E-state index in [4.69, 9.17) is 5.10 Å². The maximum Gasteiger partial charge on any atom is 0.222 e. The maximum atomic E-state index is 11.9. The average Bonchev–Trinajstić information content (AvgIpc) is 3.13. The first kappa shape index (κ1) is 14.2. The van der Waals surface area contributed by atoms with Crippen LogP contribution in [0.1, 0.15) is 49.9 Å². The molecule has 5 heteroatoms. The van der Waals surface area contributed by atoms with Crippen molar-refractivity contribution in [2.75, 3.05) is 19.6 Å². The Hall–Kier alpha value is -1.36. The Balaban J connectivity index is 1.32. The molecule has 0 aliphatic carbocycles. The Morgan fingerprint density at radius 1 is 1.05 bits per heavy atom. The van der Waals surface area contributed by atoms with Gasteiger partial charge in [-0.25, -0.2) is 0 Å². The highest BCUT2D eigenvalue weighted by Gasteiger charge is 2.30. The highest BCUT2D eigenvalue weighted by molar-refractivity contribution is 5.78. The van der Waals surface area contributed by atoms with Crippen molar-refractivity contribution in [3.63, 3.8) is 0 Å². The zero-order valence-electron chi connectivity index (χ0n) is 13.3. The van der Waals surface area contributed by atoms with Crippen LogP contribution in [0.25, 0.3) is 0 Å². The van der Waals surface area contributed by atoms with Crippen LogP contribution in [0, 0.1) is 0 Å². The fourth-order valence-corrected chi connectivity index (χ4v) is 4.23. The van der Waals surface area contributed by atoms with E-state index in [9.17, 15) is 4.79 Å². The van der Waals surface area contributed by atoms with E-state index in [0.717, 1.165) is 58.4 Å². The highest BCUT2D eigenvalue weighted by Crippen LogP contribution is 2.23. The van der Waals surface area contributed by atoms with Crippen LogP contribution in [0.2, 0.25) is 0 Å². The smallest absolute Gasteiger partial charge is 0.222 e. The summed E-state index contributed by atoms with van der Waals surface area (Å²) >= 11 is 0. The number of aromatic nitrogens is 2. The Morgan fingerprint density at radius 2 is 1.91 bits per heavy atom. The van der Waals surface area contributed by atoms with E-state index in [1.54, 1.807) is 0 Å². The number of rotatable bonds is 3. The maximum absolute atomic E-state index is 11.9. The van der Waals surface area contributed by atoms with Crippen molar-refractivity contribution >= 4 is 5.91 Å². The molecule has 0 aromatic carbocycles. The molecule has 0 bridgehead atoms. The number of carbonyl (C=O) groups is 1. The van der Waals surface area contributed by atoms with Gasteiger partial charge in [0, 0.05) is 50.9 Å². The van der Waals surface area contributed by atoms with Gasteiger partial charge in [0.25, 0.3) is 0 Å². The Labute approximate surface area is 132 Å². The highest BCUT2D eigenvalue weighted by atomic mass is 16.2. The summed E-state index contributed by atoms with van der Waals surface area (Å²) in [6, 6.07) is 2.79. The SMILES string of the molecule is O=C1CCCN1C1CCN(Cc2cc3n(n2)CCCC3)CC1. The first-order valence-electron chi connectivity index (χ1n) is 8.87. The number of aryl methyl sites for hydroxylation is 2. The lowest BCUT2D eigenvalue weighted by molar-refractivity contribution is -0.130. The molecule has 0 radical (unpaired) electrons. The van der Waals surface area contributed by atoms with E-state index in [1.165, 1.54) is 30.7 Å². The Morgan fingerprint density at radius 3 is 2.64 bits per heavy atom. The molecule has 0 spiro atoms. The number of hydrogen-bond acceptors (Lipinski definition) is 3. The second kappa shape index (κ2) is 6.03. The number of likely N-dealkylation sites (tertiary alicyclic amines) is 2. The lowest BCUT2D eigenvalue weighted by Crippen LogP contribution is -2.45. The van der Waals surface area contributed by atoms with E-state index in [2.05, 4.69) is 20.5 Å². The molecule has 1 aromatic rings. The van der Waals surface area contributed by atoms with Gasteiger partial charge in [-0.15, -0.1) is 0 Å². The number of carbonyl (C=O) groups excluding carboxylic acids is 1. The molecule has 0 unspecified atom stereocenters. The normalized spacial score (nSPS) is 24.0. The molecule has 120 valence electrons. The quantitative estimate of drug-likeness (QED) is 0.855. The molecule has 2 fully saturated rings. The van der Waals surface area contributed by atoms with Crippen LogP contribution in [-0.2, 0) is 24.3 Å². The lowest BCUT2D eigenvalue weighted by atomic mass is 10.0. The summed E-state index contributed by atoms with van der Waals surface area (Å²) < 4.78 is 2.20. The molecule has 1 amide bonds. The largest absolute Gasteiger partial charge is 0.340 e. The first-order valence-corrected chi connectivity index (χ1v) is 8.87. The molecular weight excluding hydrogens is 276 g/mol. The van der Waals surface area contributed by atoms with Gasteiger partial charge in [0.2, 0.25) is 5.91 Å². The van der Waals surface area contributed by atoms with Gasteiger partial charge in [0.1, 0.15) is 0 Å². The van der Waals surface area contributed by atoms with E-state index in [-0.39, 0.29) is 0 Å². The second-order valence-corrected chi connectivity index (χ2v) is 7.01. The molecule has 3 aliphatic heterocycles. The molecule has 4 rings (SSSR count). The molecule has 5 nitrogen and oxygen atoms in total. The van der Waals surface area contributed by atoms with Gasteiger partial charge in [0.15, 0.2) is 0 Å². The molecule has 22 heavy (non-hydrogen) atoms. The van der Waals surface area contributed by atoms with Crippen LogP contribution in [0.3, 0.4) is 0 Å². The van der Waals surface area contributed by atoms with Gasteiger partial charge < -0.3 is 4.90 Å². The standard InChI is InChI=1S/C17H26N4O/c22-17-5-3-8-20(17)15-6-10-19(11-7-15)13-14-12-16-4-1-2-9-21(16)18-14/h12,15H,1-11,13H2. The predicted molar refractivity (Wildman–Crippen MR) is 84.4 cm³/mol. The molecule has 0 saturated carbocycles. The Bertz CT molecular complexity index is 521. The van der Waals surface area contributed by atoms with Crippen molar-refractivity contribution in [1.29, 1.82) is 0 Å². The van der Waals surface area contributed by atoms with Crippen LogP contribution in [0.4, 0.5) is 0 Å². The van der Waals surface area contributed by atoms with Crippen LogP contribution < -0.4 is 0 Å². The third kappa shape index (κ3) is 2.78. The van der Waals surface area contributed by atoms with Crippen molar-refractivity contribution < 1.29 is 4.79 Å². The monoisotopic (exact) mass is 302 g/mol. The zero-order chi connectivity index (χ0) is 14.9. The van der Waals surface area contributed by atoms with E-state index in [0.29, 0.717) is 11.9 Å². The molecule has 1 aromatic heterocycles.